The SMILES string of the molecule is CCNC(=NCCNC(=O)C(C)(C)C)NCC.I. The van der Waals surface area contributed by atoms with Crippen molar-refractivity contribution in [3.8, 4) is 0 Å². The number of amides is 1. The predicted molar refractivity (Wildman–Crippen MR) is 87.5 cm³/mol. The summed E-state index contributed by atoms with van der Waals surface area (Å²) in [5, 5.41) is 9.12. The van der Waals surface area contributed by atoms with Crippen LogP contribution in [-0.2, 0) is 4.79 Å². The van der Waals surface area contributed by atoms with Crippen LogP contribution in [-0.4, -0.2) is 38.0 Å². The van der Waals surface area contributed by atoms with E-state index in [9.17, 15) is 4.79 Å². The first-order valence-electron chi connectivity index (χ1n) is 6.22. The van der Waals surface area contributed by atoms with Crippen molar-refractivity contribution >= 4 is 35.8 Å². The van der Waals surface area contributed by atoms with Crippen molar-refractivity contribution < 1.29 is 4.79 Å². The van der Waals surface area contributed by atoms with Gasteiger partial charge in [-0.1, -0.05) is 20.8 Å². The number of rotatable bonds is 5. The van der Waals surface area contributed by atoms with Crippen molar-refractivity contribution in [2.75, 3.05) is 26.2 Å². The molecule has 0 rings (SSSR count). The third kappa shape index (κ3) is 9.49. The molecule has 0 aliphatic rings. The molecule has 0 saturated carbocycles. The summed E-state index contributed by atoms with van der Waals surface area (Å²) < 4.78 is 0. The van der Waals surface area contributed by atoms with Crippen molar-refractivity contribution in [2.24, 2.45) is 10.4 Å². The van der Waals surface area contributed by atoms with Crippen LogP contribution in [0.15, 0.2) is 4.99 Å². The van der Waals surface area contributed by atoms with E-state index in [1.54, 1.807) is 0 Å². The van der Waals surface area contributed by atoms with E-state index in [0.717, 1.165) is 19.0 Å². The molecule has 0 atom stereocenters. The molecule has 0 aliphatic heterocycles. The topological polar surface area (TPSA) is 65.5 Å². The van der Waals surface area contributed by atoms with Crippen molar-refractivity contribution in [1.29, 1.82) is 0 Å². The van der Waals surface area contributed by atoms with Crippen LogP contribution in [0.3, 0.4) is 0 Å². The second kappa shape index (κ2) is 10.4. The quantitative estimate of drug-likeness (QED) is 0.296. The molecule has 0 spiro atoms. The molecule has 108 valence electrons. The van der Waals surface area contributed by atoms with Crippen LogP contribution in [0.5, 0.6) is 0 Å². The smallest absolute Gasteiger partial charge is 0.225 e. The molecular weight excluding hydrogens is 343 g/mol. The molecule has 0 aromatic carbocycles. The normalized spacial score (nSPS) is 10.1. The molecule has 0 aromatic heterocycles. The second-order valence-electron chi connectivity index (χ2n) is 4.80. The van der Waals surface area contributed by atoms with Gasteiger partial charge in [0, 0.05) is 25.0 Å². The second-order valence-corrected chi connectivity index (χ2v) is 4.80. The van der Waals surface area contributed by atoms with E-state index in [1.807, 2.05) is 34.6 Å². The minimum absolute atomic E-state index is 0. The van der Waals surface area contributed by atoms with Gasteiger partial charge in [0.2, 0.25) is 5.91 Å². The zero-order chi connectivity index (χ0) is 13.3. The van der Waals surface area contributed by atoms with Crippen LogP contribution in [0.25, 0.3) is 0 Å². The highest BCUT2D eigenvalue weighted by Crippen LogP contribution is 2.11. The van der Waals surface area contributed by atoms with E-state index in [2.05, 4.69) is 20.9 Å². The Kier molecular flexibility index (Phi) is 11.4. The molecule has 1 amide bonds. The maximum absolute atomic E-state index is 11.6. The summed E-state index contributed by atoms with van der Waals surface area (Å²) in [5.41, 5.74) is -0.337. The molecule has 0 aliphatic carbocycles. The fraction of sp³-hybridized carbons (Fsp3) is 0.833. The van der Waals surface area contributed by atoms with Gasteiger partial charge < -0.3 is 16.0 Å². The highest BCUT2D eigenvalue weighted by Gasteiger charge is 2.19. The first kappa shape index (κ1) is 19.8. The molecule has 0 bridgehead atoms. The number of nitrogens with one attached hydrogen (secondary N) is 3. The highest BCUT2D eigenvalue weighted by molar-refractivity contribution is 14.0. The van der Waals surface area contributed by atoms with Crippen LogP contribution in [0.4, 0.5) is 0 Å². The molecule has 6 heteroatoms. The molecule has 0 aromatic rings. The molecule has 0 fully saturated rings. The highest BCUT2D eigenvalue weighted by atomic mass is 127. The standard InChI is InChI=1S/C12H26N4O.HI/c1-6-13-11(14-7-2)16-9-8-15-10(17)12(3,4)5;/h6-9H2,1-5H3,(H,15,17)(H2,13,14,16);1H. The first-order chi connectivity index (χ1) is 7.91. The van der Waals surface area contributed by atoms with Gasteiger partial charge in [0.1, 0.15) is 0 Å². The van der Waals surface area contributed by atoms with Crippen molar-refractivity contribution in [3.05, 3.63) is 0 Å². The largest absolute Gasteiger partial charge is 0.357 e. The Labute approximate surface area is 128 Å². The van der Waals surface area contributed by atoms with E-state index in [-0.39, 0.29) is 35.3 Å². The fourth-order valence-electron chi connectivity index (χ4n) is 1.11. The van der Waals surface area contributed by atoms with Crippen LogP contribution in [0.1, 0.15) is 34.6 Å². The molecule has 0 heterocycles. The fourth-order valence-corrected chi connectivity index (χ4v) is 1.11. The van der Waals surface area contributed by atoms with E-state index >= 15 is 0 Å². The van der Waals surface area contributed by atoms with Gasteiger partial charge in [-0.2, -0.15) is 0 Å². The molecule has 5 nitrogen and oxygen atoms in total. The summed E-state index contributed by atoms with van der Waals surface area (Å²) in [6.07, 6.45) is 0. The minimum Gasteiger partial charge on any atom is -0.357 e. The Morgan fingerprint density at radius 2 is 1.56 bits per heavy atom. The van der Waals surface area contributed by atoms with Gasteiger partial charge in [-0.05, 0) is 13.8 Å². The number of nitrogens with zero attached hydrogens (tertiary/aromatic N) is 1. The lowest BCUT2D eigenvalue weighted by molar-refractivity contribution is -0.128. The monoisotopic (exact) mass is 370 g/mol. The van der Waals surface area contributed by atoms with Crippen LogP contribution in [0.2, 0.25) is 0 Å². The maximum Gasteiger partial charge on any atom is 0.225 e. The summed E-state index contributed by atoms with van der Waals surface area (Å²) in [5.74, 6) is 0.848. The van der Waals surface area contributed by atoms with E-state index in [0.29, 0.717) is 13.1 Å². The van der Waals surface area contributed by atoms with Gasteiger partial charge >= 0.3 is 0 Å². The lowest BCUT2D eigenvalue weighted by Gasteiger charge is -2.17. The first-order valence-corrected chi connectivity index (χ1v) is 6.22. The number of carbonyl (C=O) groups is 1. The Balaban J connectivity index is 0. The molecule has 3 N–H and O–H groups in total. The van der Waals surface area contributed by atoms with Gasteiger partial charge in [-0.3, -0.25) is 9.79 Å². The maximum atomic E-state index is 11.6. The number of guanidine groups is 1. The van der Waals surface area contributed by atoms with Crippen molar-refractivity contribution in [2.45, 2.75) is 34.6 Å². The third-order valence-electron chi connectivity index (χ3n) is 2.04. The van der Waals surface area contributed by atoms with Crippen LogP contribution in [0, 0.1) is 5.41 Å². The zero-order valence-electron chi connectivity index (χ0n) is 12.1. The third-order valence-corrected chi connectivity index (χ3v) is 2.04. The molecule has 0 unspecified atom stereocenters. The van der Waals surface area contributed by atoms with E-state index < -0.39 is 0 Å². The van der Waals surface area contributed by atoms with Gasteiger partial charge in [0.25, 0.3) is 0 Å². The molecule has 0 saturated heterocycles. The number of carbonyl (C=O) groups excluding carboxylic acids is 1. The Morgan fingerprint density at radius 1 is 1.06 bits per heavy atom. The summed E-state index contributed by atoms with van der Waals surface area (Å²) in [6.45, 7) is 12.5. The van der Waals surface area contributed by atoms with Crippen molar-refractivity contribution in [3.63, 3.8) is 0 Å². The zero-order valence-corrected chi connectivity index (χ0v) is 14.4. The lowest BCUT2D eigenvalue weighted by Crippen LogP contribution is -2.39. The minimum atomic E-state index is -0.337. The summed E-state index contributed by atoms with van der Waals surface area (Å²) >= 11 is 0. The predicted octanol–water partition coefficient (Wildman–Crippen LogP) is 1.34. The van der Waals surface area contributed by atoms with Gasteiger partial charge in [0.15, 0.2) is 5.96 Å². The van der Waals surface area contributed by atoms with E-state index in [4.69, 9.17) is 0 Å². The molecular formula is C12H27IN4O. The van der Waals surface area contributed by atoms with Crippen LogP contribution >= 0.6 is 24.0 Å². The number of hydrogen-bond donors (Lipinski definition) is 3. The number of aliphatic imine (C=N–C) groups is 1. The van der Waals surface area contributed by atoms with E-state index in [1.165, 1.54) is 0 Å². The average molecular weight is 370 g/mol. The van der Waals surface area contributed by atoms with Crippen LogP contribution < -0.4 is 16.0 Å². The lowest BCUT2D eigenvalue weighted by atomic mass is 9.96. The average Bonchev–Trinajstić information content (AvgIpc) is 2.23. The Bertz CT molecular complexity index is 253. The molecule has 0 radical (unpaired) electrons. The number of hydrogen-bond acceptors (Lipinski definition) is 2. The van der Waals surface area contributed by atoms with Gasteiger partial charge in [-0.15, -0.1) is 24.0 Å². The van der Waals surface area contributed by atoms with Gasteiger partial charge in [0.05, 0.1) is 6.54 Å². The number of halogens is 1. The summed E-state index contributed by atoms with van der Waals surface area (Å²) in [7, 11) is 0. The van der Waals surface area contributed by atoms with Gasteiger partial charge in [-0.25, -0.2) is 0 Å². The Hall–Kier alpha value is -0.530. The van der Waals surface area contributed by atoms with Crippen molar-refractivity contribution in [1.82, 2.24) is 16.0 Å². The molecule has 18 heavy (non-hydrogen) atoms. The summed E-state index contributed by atoms with van der Waals surface area (Å²) in [4.78, 5) is 15.9. The Morgan fingerprint density at radius 3 is 1.94 bits per heavy atom. The summed E-state index contributed by atoms with van der Waals surface area (Å²) in [6, 6.07) is 0.